The third-order valence-corrected chi connectivity index (χ3v) is 3.31. The quantitative estimate of drug-likeness (QED) is 0.780. The minimum absolute atomic E-state index is 0.250. The maximum absolute atomic E-state index is 12.3. The second-order valence-electron chi connectivity index (χ2n) is 5.02. The number of nitrogens with one attached hydrogen (secondary N) is 1. The lowest BCUT2D eigenvalue weighted by molar-refractivity contribution is 0.102. The first-order chi connectivity index (χ1) is 10.1. The number of para-hydroxylation sites is 2. The first kappa shape index (κ1) is 13.2. The van der Waals surface area contributed by atoms with Crippen LogP contribution in [-0.2, 0) is 0 Å². The Morgan fingerprint density at radius 2 is 1.81 bits per heavy atom. The molecule has 1 amide bonds. The monoisotopic (exact) mass is 277 g/mol. The van der Waals surface area contributed by atoms with E-state index in [0.717, 1.165) is 22.3 Å². The highest BCUT2D eigenvalue weighted by atomic mass is 16.1. The largest absolute Gasteiger partial charge is 0.320 e. The van der Waals surface area contributed by atoms with E-state index >= 15 is 0 Å². The lowest BCUT2D eigenvalue weighted by Crippen LogP contribution is -2.15. The zero-order chi connectivity index (χ0) is 14.8. The molecule has 0 radical (unpaired) electrons. The van der Waals surface area contributed by atoms with Crippen molar-refractivity contribution in [1.29, 1.82) is 0 Å². The lowest BCUT2D eigenvalue weighted by Gasteiger charge is -2.09. The zero-order valence-corrected chi connectivity index (χ0v) is 11.9. The first-order valence-electron chi connectivity index (χ1n) is 6.74. The molecule has 4 heteroatoms. The minimum atomic E-state index is -0.250. The Morgan fingerprint density at radius 1 is 1.05 bits per heavy atom. The molecule has 1 N–H and O–H groups in total. The molecule has 0 aliphatic carbocycles. The van der Waals surface area contributed by atoms with E-state index in [1.807, 2.05) is 56.3 Å². The van der Waals surface area contributed by atoms with Gasteiger partial charge in [0.1, 0.15) is 5.69 Å². The van der Waals surface area contributed by atoms with E-state index in [1.54, 1.807) is 0 Å². The average molecular weight is 277 g/mol. The summed E-state index contributed by atoms with van der Waals surface area (Å²) in [6.07, 6.45) is 1.50. The van der Waals surface area contributed by atoms with Gasteiger partial charge in [-0.1, -0.05) is 29.8 Å². The molecule has 4 nitrogen and oxygen atoms in total. The Hall–Kier alpha value is -2.75. The van der Waals surface area contributed by atoms with Crippen LogP contribution in [0.3, 0.4) is 0 Å². The zero-order valence-electron chi connectivity index (χ0n) is 11.9. The molecule has 21 heavy (non-hydrogen) atoms. The van der Waals surface area contributed by atoms with Gasteiger partial charge in [-0.2, -0.15) is 0 Å². The number of nitrogens with zero attached hydrogens (tertiary/aromatic N) is 2. The number of aromatic nitrogens is 2. The molecule has 0 aliphatic rings. The molecule has 104 valence electrons. The standard InChI is InChI=1S/C17H15N3O/c1-11-7-8-13(12(2)9-11)20-17(21)16-10-18-14-5-3-4-6-15(14)19-16/h3-10H,1-2H3,(H,20,21). The van der Waals surface area contributed by atoms with Gasteiger partial charge >= 0.3 is 0 Å². The van der Waals surface area contributed by atoms with Crippen LogP contribution in [0, 0.1) is 13.8 Å². The van der Waals surface area contributed by atoms with E-state index in [9.17, 15) is 4.79 Å². The molecule has 0 atom stereocenters. The Bertz CT molecular complexity index is 827. The summed E-state index contributed by atoms with van der Waals surface area (Å²) in [4.78, 5) is 20.9. The fourth-order valence-electron chi connectivity index (χ4n) is 2.21. The van der Waals surface area contributed by atoms with Gasteiger partial charge in [0.05, 0.1) is 17.2 Å². The van der Waals surface area contributed by atoms with Crippen molar-refractivity contribution < 1.29 is 4.79 Å². The highest BCUT2D eigenvalue weighted by molar-refractivity contribution is 6.03. The topological polar surface area (TPSA) is 54.9 Å². The van der Waals surface area contributed by atoms with E-state index in [4.69, 9.17) is 0 Å². The number of amides is 1. The van der Waals surface area contributed by atoms with Crippen LogP contribution in [0.4, 0.5) is 5.69 Å². The molecule has 3 aromatic rings. The fraction of sp³-hybridized carbons (Fsp3) is 0.118. The van der Waals surface area contributed by atoms with Crippen molar-refractivity contribution in [2.75, 3.05) is 5.32 Å². The van der Waals surface area contributed by atoms with Gasteiger partial charge in [-0.25, -0.2) is 4.98 Å². The normalized spacial score (nSPS) is 10.6. The van der Waals surface area contributed by atoms with Crippen LogP contribution < -0.4 is 5.32 Å². The van der Waals surface area contributed by atoms with E-state index in [0.29, 0.717) is 11.2 Å². The predicted molar refractivity (Wildman–Crippen MR) is 83.4 cm³/mol. The Labute approximate surface area is 122 Å². The summed E-state index contributed by atoms with van der Waals surface area (Å²) in [5, 5.41) is 2.88. The van der Waals surface area contributed by atoms with E-state index in [-0.39, 0.29) is 5.91 Å². The predicted octanol–water partition coefficient (Wildman–Crippen LogP) is 3.50. The Balaban J connectivity index is 1.89. The second kappa shape index (κ2) is 5.32. The van der Waals surface area contributed by atoms with Gasteiger partial charge in [0, 0.05) is 5.69 Å². The number of aryl methyl sites for hydroxylation is 2. The third-order valence-electron chi connectivity index (χ3n) is 3.31. The molecule has 0 spiro atoms. The van der Waals surface area contributed by atoms with Crippen LogP contribution in [0.2, 0.25) is 0 Å². The van der Waals surface area contributed by atoms with Crippen LogP contribution in [0.1, 0.15) is 21.6 Å². The smallest absolute Gasteiger partial charge is 0.275 e. The van der Waals surface area contributed by atoms with Crippen molar-refractivity contribution in [3.05, 3.63) is 65.5 Å². The van der Waals surface area contributed by atoms with Crippen molar-refractivity contribution in [3.8, 4) is 0 Å². The summed E-state index contributed by atoms with van der Waals surface area (Å²) in [5.74, 6) is -0.250. The molecule has 0 fully saturated rings. The van der Waals surface area contributed by atoms with Crippen LogP contribution in [-0.4, -0.2) is 15.9 Å². The van der Waals surface area contributed by atoms with Gasteiger partial charge in [-0.05, 0) is 37.6 Å². The maximum atomic E-state index is 12.3. The minimum Gasteiger partial charge on any atom is -0.320 e. The molecule has 2 aromatic carbocycles. The number of hydrogen-bond acceptors (Lipinski definition) is 3. The van der Waals surface area contributed by atoms with Crippen molar-refractivity contribution in [3.63, 3.8) is 0 Å². The third kappa shape index (κ3) is 2.74. The molecule has 0 aliphatic heterocycles. The highest BCUT2D eigenvalue weighted by Gasteiger charge is 2.10. The van der Waals surface area contributed by atoms with E-state index in [2.05, 4.69) is 15.3 Å². The Morgan fingerprint density at radius 3 is 2.57 bits per heavy atom. The van der Waals surface area contributed by atoms with Crippen molar-refractivity contribution in [2.45, 2.75) is 13.8 Å². The van der Waals surface area contributed by atoms with E-state index in [1.165, 1.54) is 6.20 Å². The number of carbonyl (C=O) groups excluding carboxylic acids is 1. The summed E-state index contributed by atoms with van der Waals surface area (Å²) in [6, 6.07) is 13.4. The number of benzene rings is 2. The van der Waals surface area contributed by atoms with Gasteiger partial charge in [0.15, 0.2) is 0 Å². The molecular formula is C17H15N3O. The van der Waals surface area contributed by atoms with Crippen LogP contribution >= 0.6 is 0 Å². The maximum Gasteiger partial charge on any atom is 0.275 e. The summed E-state index contributed by atoms with van der Waals surface area (Å²) in [7, 11) is 0. The first-order valence-corrected chi connectivity index (χ1v) is 6.74. The molecule has 0 bridgehead atoms. The summed E-state index contributed by atoms with van der Waals surface area (Å²) in [6.45, 7) is 3.99. The van der Waals surface area contributed by atoms with Gasteiger partial charge in [-0.3, -0.25) is 9.78 Å². The van der Waals surface area contributed by atoms with Crippen molar-refractivity contribution >= 4 is 22.6 Å². The van der Waals surface area contributed by atoms with Gasteiger partial charge in [0.25, 0.3) is 5.91 Å². The van der Waals surface area contributed by atoms with Crippen LogP contribution in [0.5, 0.6) is 0 Å². The molecule has 0 saturated carbocycles. The van der Waals surface area contributed by atoms with Crippen LogP contribution in [0.25, 0.3) is 11.0 Å². The van der Waals surface area contributed by atoms with Gasteiger partial charge in [-0.15, -0.1) is 0 Å². The van der Waals surface area contributed by atoms with Crippen LogP contribution in [0.15, 0.2) is 48.7 Å². The fourth-order valence-corrected chi connectivity index (χ4v) is 2.21. The average Bonchev–Trinajstić information content (AvgIpc) is 2.49. The summed E-state index contributed by atoms with van der Waals surface area (Å²) < 4.78 is 0. The number of anilines is 1. The van der Waals surface area contributed by atoms with Crippen molar-refractivity contribution in [1.82, 2.24) is 9.97 Å². The molecule has 0 unspecified atom stereocenters. The van der Waals surface area contributed by atoms with Crippen molar-refractivity contribution in [2.24, 2.45) is 0 Å². The number of carbonyl (C=O) groups is 1. The molecule has 3 rings (SSSR count). The Kier molecular flexibility index (Phi) is 3.36. The summed E-state index contributed by atoms with van der Waals surface area (Å²) in [5.41, 5.74) is 4.79. The summed E-state index contributed by atoms with van der Waals surface area (Å²) >= 11 is 0. The molecule has 1 aromatic heterocycles. The number of fused-ring (bicyclic) bond motifs is 1. The highest BCUT2D eigenvalue weighted by Crippen LogP contribution is 2.17. The SMILES string of the molecule is Cc1ccc(NC(=O)c2cnc3ccccc3n2)c(C)c1. The number of rotatable bonds is 2. The molecule has 0 saturated heterocycles. The molecular weight excluding hydrogens is 262 g/mol. The van der Waals surface area contributed by atoms with E-state index < -0.39 is 0 Å². The van der Waals surface area contributed by atoms with Gasteiger partial charge < -0.3 is 5.32 Å². The second-order valence-corrected chi connectivity index (χ2v) is 5.02. The lowest BCUT2D eigenvalue weighted by atomic mass is 10.1. The molecule has 1 heterocycles. The number of hydrogen-bond donors (Lipinski definition) is 1. The van der Waals surface area contributed by atoms with Gasteiger partial charge in [0.2, 0.25) is 0 Å².